The molecule has 7 heteroatoms. The summed E-state index contributed by atoms with van der Waals surface area (Å²) in [7, 11) is 3.08. The summed E-state index contributed by atoms with van der Waals surface area (Å²) in [6.07, 6.45) is 1.80. The van der Waals surface area contributed by atoms with Crippen molar-refractivity contribution in [3.63, 3.8) is 0 Å². The van der Waals surface area contributed by atoms with E-state index in [2.05, 4.69) is 10.3 Å². The number of ether oxygens (including phenoxy) is 2. The van der Waals surface area contributed by atoms with Crippen LogP contribution < -0.4 is 14.8 Å². The summed E-state index contributed by atoms with van der Waals surface area (Å²) < 4.78 is 12.4. The highest BCUT2D eigenvalue weighted by Gasteiger charge is 2.13. The molecule has 0 aliphatic carbocycles. The molecule has 0 atom stereocenters. The van der Waals surface area contributed by atoms with Crippen LogP contribution in [0.15, 0.2) is 48.7 Å². The first kappa shape index (κ1) is 18.8. The van der Waals surface area contributed by atoms with Crippen LogP contribution in [0.2, 0.25) is 5.02 Å². The Hall–Kier alpha value is -2.99. The fourth-order valence-electron chi connectivity index (χ4n) is 2.73. The molecule has 3 rings (SSSR count). The van der Waals surface area contributed by atoms with E-state index in [1.54, 1.807) is 31.5 Å². The fraction of sp³-hybridized carbons (Fsp3) is 0.200. The molecule has 1 amide bonds. The molecule has 0 aliphatic rings. The third-order valence-electron chi connectivity index (χ3n) is 4.11. The van der Waals surface area contributed by atoms with Crippen LogP contribution in [0.25, 0.3) is 0 Å². The molecule has 0 saturated carbocycles. The second-order valence-electron chi connectivity index (χ2n) is 5.96. The van der Waals surface area contributed by atoms with Crippen LogP contribution in [0, 0.1) is 6.92 Å². The van der Waals surface area contributed by atoms with Gasteiger partial charge in [-0.3, -0.25) is 4.79 Å². The summed E-state index contributed by atoms with van der Waals surface area (Å²) in [6, 6.07) is 12.6. The maximum atomic E-state index is 12.5. The number of rotatable bonds is 6. The zero-order valence-electron chi connectivity index (χ0n) is 15.3. The molecule has 3 aromatic rings. The zero-order valence-corrected chi connectivity index (χ0v) is 16.1. The minimum absolute atomic E-state index is 0.275. The molecular formula is C20H20ClN3O3. The van der Waals surface area contributed by atoms with Crippen LogP contribution in [0.3, 0.4) is 0 Å². The Balaban J connectivity index is 1.75. The van der Waals surface area contributed by atoms with Crippen LogP contribution in [-0.4, -0.2) is 29.7 Å². The average Bonchev–Trinajstić information content (AvgIpc) is 2.99. The molecule has 0 bridgehead atoms. The van der Waals surface area contributed by atoms with Gasteiger partial charge in [0.25, 0.3) is 5.91 Å². The van der Waals surface area contributed by atoms with Crippen molar-refractivity contribution in [3.05, 3.63) is 70.6 Å². The lowest BCUT2D eigenvalue weighted by atomic mass is 10.2. The number of anilines is 1. The van der Waals surface area contributed by atoms with Crippen molar-refractivity contribution in [2.24, 2.45) is 0 Å². The van der Waals surface area contributed by atoms with Crippen LogP contribution in [0.5, 0.6) is 11.5 Å². The van der Waals surface area contributed by atoms with Crippen molar-refractivity contribution in [1.82, 2.24) is 9.55 Å². The molecule has 0 spiro atoms. The third kappa shape index (κ3) is 4.41. The second-order valence-corrected chi connectivity index (χ2v) is 6.39. The van der Waals surface area contributed by atoms with Crippen LogP contribution in [-0.2, 0) is 6.54 Å². The number of carbonyl (C=O) groups is 1. The summed E-state index contributed by atoms with van der Waals surface area (Å²) in [5.41, 5.74) is 1.51. The maximum absolute atomic E-state index is 12.5. The molecule has 1 heterocycles. The van der Waals surface area contributed by atoms with E-state index >= 15 is 0 Å². The first-order chi connectivity index (χ1) is 13.0. The Morgan fingerprint density at radius 2 is 1.93 bits per heavy atom. The molecule has 6 nitrogen and oxygen atoms in total. The van der Waals surface area contributed by atoms with Crippen molar-refractivity contribution >= 4 is 23.3 Å². The summed E-state index contributed by atoms with van der Waals surface area (Å²) in [5.74, 6) is 2.05. The van der Waals surface area contributed by atoms with E-state index in [1.807, 2.05) is 35.8 Å². The van der Waals surface area contributed by atoms with Crippen LogP contribution >= 0.6 is 11.6 Å². The SMILES string of the molecule is COc1ccc(C(=O)Nc2cn(Cc3cccc(Cl)c3)c(C)n2)cc1OC. The van der Waals surface area contributed by atoms with Crippen molar-refractivity contribution in [3.8, 4) is 11.5 Å². The molecule has 0 unspecified atom stereocenters. The molecule has 0 fully saturated rings. The predicted octanol–water partition coefficient (Wildman–Crippen LogP) is 4.16. The van der Waals surface area contributed by atoms with Gasteiger partial charge in [-0.2, -0.15) is 0 Å². The van der Waals surface area contributed by atoms with Crippen molar-refractivity contribution < 1.29 is 14.3 Å². The molecule has 1 aromatic heterocycles. The van der Waals surface area contributed by atoms with E-state index in [-0.39, 0.29) is 5.91 Å². The standard InChI is InChI=1S/C20H20ClN3O3/c1-13-22-19(12-24(13)11-14-5-4-6-16(21)9-14)23-20(25)15-7-8-17(26-2)18(10-15)27-3/h4-10,12H,11H2,1-3H3,(H,23,25). The summed E-state index contributed by atoms with van der Waals surface area (Å²) >= 11 is 6.04. The van der Waals surface area contributed by atoms with Gasteiger partial charge < -0.3 is 19.4 Å². The predicted molar refractivity (Wildman–Crippen MR) is 105 cm³/mol. The number of nitrogens with one attached hydrogen (secondary N) is 1. The van der Waals surface area contributed by atoms with E-state index in [0.717, 1.165) is 11.4 Å². The number of benzene rings is 2. The Bertz CT molecular complexity index is 969. The minimum Gasteiger partial charge on any atom is -0.493 e. The Kier molecular flexibility index (Phi) is 5.66. The summed E-state index contributed by atoms with van der Waals surface area (Å²) in [4.78, 5) is 16.9. The normalized spacial score (nSPS) is 10.5. The number of aromatic nitrogens is 2. The highest BCUT2D eigenvalue weighted by molar-refractivity contribution is 6.30. The van der Waals surface area contributed by atoms with Gasteiger partial charge in [0.15, 0.2) is 17.3 Å². The first-order valence-corrected chi connectivity index (χ1v) is 8.69. The number of imidazole rings is 1. The second kappa shape index (κ2) is 8.14. The molecule has 0 radical (unpaired) electrons. The number of hydrogen-bond acceptors (Lipinski definition) is 4. The Morgan fingerprint density at radius 3 is 2.63 bits per heavy atom. The molecule has 140 valence electrons. The number of hydrogen-bond donors (Lipinski definition) is 1. The largest absolute Gasteiger partial charge is 0.493 e. The van der Waals surface area contributed by atoms with Gasteiger partial charge in [-0.05, 0) is 42.8 Å². The minimum atomic E-state index is -0.275. The number of aryl methyl sites for hydroxylation is 1. The lowest BCUT2D eigenvalue weighted by molar-refractivity contribution is 0.102. The molecule has 0 aliphatic heterocycles. The van der Waals surface area contributed by atoms with E-state index in [0.29, 0.717) is 34.4 Å². The van der Waals surface area contributed by atoms with Crippen LogP contribution in [0.4, 0.5) is 5.82 Å². The zero-order chi connectivity index (χ0) is 19.4. The summed E-state index contributed by atoms with van der Waals surface area (Å²) in [5, 5.41) is 3.50. The van der Waals surface area contributed by atoms with E-state index < -0.39 is 0 Å². The number of nitrogens with zero attached hydrogens (tertiary/aromatic N) is 2. The van der Waals surface area contributed by atoms with Crippen molar-refractivity contribution in [1.29, 1.82) is 0 Å². The van der Waals surface area contributed by atoms with Gasteiger partial charge in [-0.15, -0.1) is 0 Å². The van der Waals surface area contributed by atoms with Crippen molar-refractivity contribution in [2.75, 3.05) is 19.5 Å². The smallest absolute Gasteiger partial charge is 0.256 e. The number of carbonyl (C=O) groups excluding carboxylic acids is 1. The van der Waals surface area contributed by atoms with E-state index in [9.17, 15) is 4.79 Å². The molecular weight excluding hydrogens is 366 g/mol. The number of amides is 1. The lowest BCUT2D eigenvalue weighted by Gasteiger charge is -2.09. The van der Waals surface area contributed by atoms with Crippen molar-refractivity contribution in [2.45, 2.75) is 13.5 Å². The van der Waals surface area contributed by atoms with E-state index in [4.69, 9.17) is 21.1 Å². The molecule has 2 aromatic carbocycles. The van der Waals surface area contributed by atoms with Gasteiger partial charge in [0.05, 0.1) is 14.2 Å². The average molecular weight is 386 g/mol. The van der Waals surface area contributed by atoms with Gasteiger partial charge in [-0.25, -0.2) is 4.98 Å². The highest BCUT2D eigenvalue weighted by atomic mass is 35.5. The molecule has 1 N–H and O–H groups in total. The van der Waals surface area contributed by atoms with E-state index in [1.165, 1.54) is 7.11 Å². The Labute approximate surface area is 162 Å². The topological polar surface area (TPSA) is 65.4 Å². The lowest BCUT2D eigenvalue weighted by Crippen LogP contribution is -2.12. The van der Waals surface area contributed by atoms with Gasteiger partial charge in [0.1, 0.15) is 5.82 Å². The van der Waals surface area contributed by atoms with Gasteiger partial charge in [-0.1, -0.05) is 23.7 Å². The van der Waals surface area contributed by atoms with Gasteiger partial charge in [0, 0.05) is 23.3 Å². The fourth-order valence-corrected chi connectivity index (χ4v) is 2.94. The van der Waals surface area contributed by atoms with Gasteiger partial charge >= 0.3 is 0 Å². The maximum Gasteiger partial charge on any atom is 0.256 e. The molecule has 0 saturated heterocycles. The number of halogens is 1. The van der Waals surface area contributed by atoms with Crippen LogP contribution in [0.1, 0.15) is 21.7 Å². The quantitative estimate of drug-likeness (QED) is 0.691. The Morgan fingerprint density at radius 1 is 1.15 bits per heavy atom. The van der Waals surface area contributed by atoms with Gasteiger partial charge in [0.2, 0.25) is 0 Å². The molecule has 27 heavy (non-hydrogen) atoms. The third-order valence-corrected chi connectivity index (χ3v) is 4.34. The number of methoxy groups -OCH3 is 2. The summed E-state index contributed by atoms with van der Waals surface area (Å²) in [6.45, 7) is 2.50. The highest BCUT2D eigenvalue weighted by Crippen LogP contribution is 2.27. The monoisotopic (exact) mass is 385 g/mol. The first-order valence-electron chi connectivity index (χ1n) is 8.31.